The Balaban J connectivity index is 1.91. The van der Waals surface area contributed by atoms with E-state index in [9.17, 15) is 14.4 Å². The molecule has 0 saturated carbocycles. The molecule has 0 aliphatic rings. The smallest absolute Gasteiger partial charge is 0.309 e. The molecule has 2 unspecified atom stereocenters. The van der Waals surface area contributed by atoms with E-state index >= 15 is 0 Å². The lowest BCUT2D eigenvalue weighted by Crippen LogP contribution is -2.32. The van der Waals surface area contributed by atoms with Crippen molar-refractivity contribution in [3.05, 3.63) is 51.1 Å². The van der Waals surface area contributed by atoms with Crippen LogP contribution in [0.15, 0.2) is 46.3 Å². The number of halogens is 1. The Morgan fingerprint density at radius 1 is 1.19 bits per heavy atom. The molecule has 0 aliphatic carbocycles. The molecule has 0 spiro atoms. The third kappa shape index (κ3) is 6.27. The van der Waals surface area contributed by atoms with E-state index in [1.807, 2.05) is 17.5 Å². The number of nitrogens with one attached hydrogen (secondary N) is 2. The minimum atomic E-state index is -0.951. The van der Waals surface area contributed by atoms with E-state index in [4.69, 9.17) is 4.74 Å². The second-order valence-electron chi connectivity index (χ2n) is 5.60. The van der Waals surface area contributed by atoms with Gasteiger partial charge in [0.1, 0.15) is 0 Å². The number of anilines is 1. The van der Waals surface area contributed by atoms with Gasteiger partial charge in [-0.15, -0.1) is 11.3 Å². The molecule has 1 aromatic carbocycles. The van der Waals surface area contributed by atoms with Crippen molar-refractivity contribution in [1.82, 2.24) is 5.32 Å². The van der Waals surface area contributed by atoms with Crippen LogP contribution in [0.25, 0.3) is 0 Å². The molecular formula is C18H19BrN2O4S. The predicted octanol–water partition coefficient (Wildman–Crippen LogP) is 3.65. The van der Waals surface area contributed by atoms with E-state index in [0.717, 1.165) is 9.35 Å². The van der Waals surface area contributed by atoms with E-state index < -0.39 is 24.0 Å². The predicted molar refractivity (Wildman–Crippen MR) is 104 cm³/mol. The van der Waals surface area contributed by atoms with Gasteiger partial charge in [-0.2, -0.15) is 0 Å². The SMILES string of the molecule is CC(=O)NC(CC(=O)OC(C)C(=O)Nc1ccc(Br)cc1)c1cccs1. The van der Waals surface area contributed by atoms with Crippen LogP contribution in [-0.4, -0.2) is 23.9 Å². The summed E-state index contributed by atoms with van der Waals surface area (Å²) in [5.41, 5.74) is 0.607. The van der Waals surface area contributed by atoms with Crippen molar-refractivity contribution < 1.29 is 19.1 Å². The van der Waals surface area contributed by atoms with E-state index in [-0.39, 0.29) is 12.3 Å². The van der Waals surface area contributed by atoms with Crippen molar-refractivity contribution in [2.45, 2.75) is 32.4 Å². The average molecular weight is 439 g/mol. The quantitative estimate of drug-likeness (QED) is 0.646. The third-order valence-electron chi connectivity index (χ3n) is 3.42. The first-order chi connectivity index (χ1) is 12.3. The van der Waals surface area contributed by atoms with Crippen LogP contribution in [0.1, 0.15) is 31.2 Å². The monoisotopic (exact) mass is 438 g/mol. The van der Waals surface area contributed by atoms with Crippen molar-refractivity contribution in [3.63, 3.8) is 0 Å². The Morgan fingerprint density at radius 3 is 2.46 bits per heavy atom. The Labute approximate surface area is 164 Å². The molecule has 2 amide bonds. The van der Waals surface area contributed by atoms with Gasteiger partial charge in [0.25, 0.3) is 5.91 Å². The fraction of sp³-hybridized carbons (Fsp3) is 0.278. The van der Waals surface area contributed by atoms with Crippen molar-refractivity contribution in [2.24, 2.45) is 0 Å². The summed E-state index contributed by atoms with van der Waals surface area (Å²) < 4.78 is 6.11. The van der Waals surface area contributed by atoms with Gasteiger partial charge in [-0.25, -0.2) is 0 Å². The van der Waals surface area contributed by atoms with Gasteiger partial charge in [0, 0.05) is 22.0 Å². The fourth-order valence-electron chi connectivity index (χ4n) is 2.20. The molecule has 2 atom stereocenters. The van der Waals surface area contributed by atoms with Gasteiger partial charge in [-0.1, -0.05) is 22.0 Å². The van der Waals surface area contributed by atoms with Crippen molar-refractivity contribution in [2.75, 3.05) is 5.32 Å². The zero-order valence-corrected chi connectivity index (χ0v) is 16.7. The van der Waals surface area contributed by atoms with Crippen LogP contribution in [0.3, 0.4) is 0 Å². The second kappa shape index (κ2) is 9.49. The molecule has 1 aromatic heterocycles. The average Bonchev–Trinajstić information content (AvgIpc) is 3.10. The summed E-state index contributed by atoms with van der Waals surface area (Å²) in [7, 11) is 0. The molecule has 0 bridgehead atoms. The number of hydrogen-bond donors (Lipinski definition) is 2. The largest absolute Gasteiger partial charge is 0.452 e. The van der Waals surface area contributed by atoms with Gasteiger partial charge in [0.15, 0.2) is 6.10 Å². The molecule has 8 heteroatoms. The van der Waals surface area contributed by atoms with E-state index in [0.29, 0.717) is 5.69 Å². The molecule has 2 aromatic rings. The molecule has 26 heavy (non-hydrogen) atoms. The van der Waals surface area contributed by atoms with Gasteiger partial charge in [0.05, 0.1) is 12.5 Å². The maximum atomic E-state index is 12.2. The summed E-state index contributed by atoms with van der Waals surface area (Å²) in [5, 5.41) is 7.27. The van der Waals surface area contributed by atoms with Crippen LogP contribution in [0, 0.1) is 0 Å². The summed E-state index contributed by atoms with van der Waals surface area (Å²) in [6.45, 7) is 2.89. The highest BCUT2D eigenvalue weighted by Gasteiger charge is 2.23. The van der Waals surface area contributed by atoms with Crippen LogP contribution in [-0.2, 0) is 19.1 Å². The number of thiophene rings is 1. The van der Waals surface area contributed by atoms with Gasteiger partial charge in [-0.3, -0.25) is 14.4 Å². The number of benzene rings is 1. The fourth-order valence-corrected chi connectivity index (χ4v) is 3.24. The van der Waals surface area contributed by atoms with Crippen molar-refractivity contribution in [1.29, 1.82) is 0 Å². The molecule has 2 N–H and O–H groups in total. The maximum absolute atomic E-state index is 12.2. The Kier molecular flexibility index (Phi) is 7.35. The first-order valence-corrected chi connectivity index (χ1v) is 9.59. The molecule has 6 nitrogen and oxygen atoms in total. The lowest BCUT2D eigenvalue weighted by Gasteiger charge is -2.18. The highest BCUT2D eigenvalue weighted by molar-refractivity contribution is 9.10. The summed E-state index contributed by atoms with van der Waals surface area (Å²) in [6, 6.07) is 10.3. The standard InChI is InChI=1S/C18H19BrN2O4S/c1-11(18(24)21-14-7-5-13(19)6-8-14)25-17(23)10-15(20-12(2)22)16-4-3-9-26-16/h3-9,11,15H,10H2,1-2H3,(H,20,22)(H,21,24). The Morgan fingerprint density at radius 2 is 1.88 bits per heavy atom. The summed E-state index contributed by atoms with van der Waals surface area (Å²) >= 11 is 4.76. The second-order valence-corrected chi connectivity index (χ2v) is 7.50. The summed E-state index contributed by atoms with van der Waals surface area (Å²) in [6.07, 6.45) is -0.997. The van der Waals surface area contributed by atoms with Gasteiger partial charge < -0.3 is 15.4 Å². The zero-order valence-electron chi connectivity index (χ0n) is 14.3. The molecule has 0 saturated heterocycles. The number of carbonyl (C=O) groups is 3. The van der Waals surface area contributed by atoms with Crippen LogP contribution >= 0.6 is 27.3 Å². The maximum Gasteiger partial charge on any atom is 0.309 e. The molecule has 2 rings (SSSR count). The number of amides is 2. The van der Waals surface area contributed by atoms with Crippen LogP contribution in [0.4, 0.5) is 5.69 Å². The number of esters is 1. The molecule has 138 valence electrons. The minimum absolute atomic E-state index is 0.0456. The third-order valence-corrected chi connectivity index (χ3v) is 4.94. The first-order valence-electron chi connectivity index (χ1n) is 7.91. The normalized spacial score (nSPS) is 12.7. The minimum Gasteiger partial charge on any atom is -0.452 e. The topological polar surface area (TPSA) is 84.5 Å². The van der Waals surface area contributed by atoms with Crippen LogP contribution in [0.2, 0.25) is 0 Å². The number of rotatable bonds is 7. The number of hydrogen-bond acceptors (Lipinski definition) is 5. The number of ether oxygens (including phenoxy) is 1. The summed E-state index contributed by atoms with van der Waals surface area (Å²) in [5.74, 6) is -1.22. The lowest BCUT2D eigenvalue weighted by molar-refractivity contribution is -0.153. The van der Waals surface area contributed by atoms with Crippen molar-refractivity contribution in [3.8, 4) is 0 Å². The highest BCUT2D eigenvalue weighted by Crippen LogP contribution is 2.23. The lowest BCUT2D eigenvalue weighted by atomic mass is 10.1. The van der Waals surface area contributed by atoms with E-state index in [1.54, 1.807) is 24.3 Å². The molecule has 0 aliphatic heterocycles. The van der Waals surface area contributed by atoms with Gasteiger partial charge in [-0.05, 0) is 42.6 Å². The Bertz CT molecular complexity index is 762. The molecule has 0 fully saturated rings. The zero-order chi connectivity index (χ0) is 19.1. The van der Waals surface area contributed by atoms with Crippen LogP contribution in [0.5, 0.6) is 0 Å². The van der Waals surface area contributed by atoms with Crippen LogP contribution < -0.4 is 10.6 Å². The number of carbonyl (C=O) groups excluding carboxylic acids is 3. The molecular weight excluding hydrogens is 420 g/mol. The van der Waals surface area contributed by atoms with Gasteiger partial charge >= 0.3 is 5.97 Å². The molecule has 0 radical (unpaired) electrons. The van der Waals surface area contributed by atoms with Crippen molar-refractivity contribution >= 4 is 50.7 Å². The Hall–Kier alpha value is -2.19. The highest BCUT2D eigenvalue weighted by atomic mass is 79.9. The molecule has 1 heterocycles. The van der Waals surface area contributed by atoms with E-state index in [2.05, 4.69) is 26.6 Å². The van der Waals surface area contributed by atoms with E-state index in [1.165, 1.54) is 25.2 Å². The first kappa shape index (κ1) is 20.1. The summed E-state index contributed by atoms with van der Waals surface area (Å²) in [4.78, 5) is 36.6. The van der Waals surface area contributed by atoms with Gasteiger partial charge in [0.2, 0.25) is 5.91 Å².